The Bertz CT molecular complexity index is 1280. The van der Waals surface area contributed by atoms with Crippen molar-refractivity contribution in [2.75, 3.05) is 11.5 Å². The number of hydrogen-bond donors (Lipinski definition) is 1. The lowest BCUT2D eigenvalue weighted by atomic mass is 10.1. The van der Waals surface area contributed by atoms with Crippen molar-refractivity contribution < 1.29 is 38.4 Å². The molecule has 41 heavy (non-hydrogen) atoms. The summed E-state index contributed by atoms with van der Waals surface area (Å²) in [6.07, 6.45) is 4.42. The molecule has 0 spiro atoms. The van der Waals surface area contributed by atoms with Gasteiger partial charge in [-0.1, -0.05) is 12.2 Å². The summed E-state index contributed by atoms with van der Waals surface area (Å²) in [6.45, 7) is 14.0. The molecule has 13 heteroatoms. The number of aliphatic hydroxyl groups excluding tert-OH is 1. The van der Waals surface area contributed by atoms with Gasteiger partial charge in [-0.2, -0.15) is 4.90 Å². The number of allylic oxidation sites excluding steroid dienone is 1. The van der Waals surface area contributed by atoms with E-state index >= 15 is 0 Å². The molecule has 2 aromatic heterocycles. The Morgan fingerprint density at radius 3 is 2.29 bits per heavy atom. The lowest BCUT2D eigenvalue weighted by Gasteiger charge is -2.28. The van der Waals surface area contributed by atoms with E-state index in [9.17, 15) is 9.59 Å². The van der Waals surface area contributed by atoms with Gasteiger partial charge in [-0.25, -0.2) is 19.6 Å². The quantitative estimate of drug-likeness (QED) is 0.314. The van der Waals surface area contributed by atoms with Crippen LogP contribution in [0, 0.1) is 0 Å². The van der Waals surface area contributed by atoms with Crippen molar-refractivity contribution in [2.45, 2.75) is 110 Å². The summed E-state index contributed by atoms with van der Waals surface area (Å²) in [7, 11) is 0. The predicted octanol–water partition coefficient (Wildman–Crippen LogP) is 5.62. The summed E-state index contributed by atoms with van der Waals surface area (Å²) in [4.78, 5) is 36.3. The molecule has 2 fully saturated rings. The Kier molecular flexibility index (Phi) is 8.87. The number of anilines is 1. The van der Waals surface area contributed by atoms with Crippen LogP contribution in [0.2, 0.25) is 0 Å². The Labute approximate surface area is 248 Å². The molecule has 0 radical (unpaired) electrons. The average Bonchev–Trinajstić information content (AvgIpc) is 3.43. The van der Waals surface area contributed by atoms with Gasteiger partial charge in [0.2, 0.25) is 0 Å². The molecule has 2 amide bonds. The summed E-state index contributed by atoms with van der Waals surface area (Å²) in [5.41, 5.74) is -1.38. The fraction of sp³-hybridized carbons (Fsp3) is 0.643. The fourth-order valence-electron chi connectivity index (χ4n) is 4.68. The number of carbonyl (C=O) groups is 2. The molecule has 4 heterocycles. The van der Waals surface area contributed by atoms with E-state index in [4.69, 9.17) is 28.8 Å². The molecule has 0 unspecified atom stereocenters. The minimum absolute atomic E-state index is 0.0111. The van der Waals surface area contributed by atoms with Crippen molar-refractivity contribution >= 4 is 45.0 Å². The molecule has 0 aliphatic carbocycles. The van der Waals surface area contributed by atoms with E-state index in [1.165, 1.54) is 6.33 Å². The molecule has 1 N–H and O–H groups in total. The number of nitrogens with zero attached hydrogens (tertiary/aromatic N) is 4. The van der Waals surface area contributed by atoms with Crippen LogP contribution in [-0.4, -0.2) is 73.7 Å². The third-order valence-electron chi connectivity index (χ3n) is 6.10. The van der Waals surface area contributed by atoms with Gasteiger partial charge in [0.25, 0.3) is 0 Å². The highest BCUT2D eigenvalue weighted by atomic mass is 79.9. The molecule has 0 bridgehead atoms. The number of amides is 2. The van der Waals surface area contributed by atoms with Crippen molar-refractivity contribution in [1.29, 1.82) is 0 Å². The van der Waals surface area contributed by atoms with Crippen LogP contribution in [0.3, 0.4) is 0 Å². The predicted molar refractivity (Wildman–Crippen MR) is 153 cm³/mol. The third kappa shape index (κ3) is 7.08. The molecule has 0 aromatic carbocycles. The molecule has 0 saturated carbocycles. The van der Waals surface area contributed by atoms with Gasteiger partial charge in [-0.05, 0) is 84.2 Å². The third-order valence-corrected chi connectivity index (χ3v) is 6.70. The zero-order chi connectivity index (χ0) is 30.3. The second-order valence-electron chi connectivity index (χ2n) is 12.4. The van der Waals surface area contributed by atoms with Crippen LogP contribution in [0.5, 0.6) is 0 Å². The van der Waals surface area contributed by atoms with Crippen LogP contribution in [-0.2, 0) is 23.7 Å². The van der Waals surface area contributed by atoms with E-state index in [1.807, 2.05) is 26.0 Å². The molecule has 4 atom stereocenters. The first-order valence-electron chi connectivity index (χ1n) is 13.6. The minimum Gasteiger partial charge on any atom is -0.443 e. The van der Waals surface area contributed by atoms with Crippen molar-refractivity contribution in [3.8, 4) is 0 Å². The van der Waals surface area contributed by atoms with Crippen molar-refractivity contribution in [2.24, 2.45) is 0 Å². The summed E-state index contributed by atoms with van der Waals surface area (Å²) in [6, 6.07) is 0. The number of imide groups is 1. The highest BCUT2D eigenvalue weighted by Crippen LogP contribution is 2.46. The van der Waals surface area contributed by atoms with Crippen LogP contribution >= 0.6 is 15.9 Å². The van der Waals surface area contributed by atoms with Gasteiger partial charge in [0.15, 0.2) is 17.8 Å². The standard InChI is InChI=1S/C28H39BrN4O8/c1-26(2,3)40-24(35)33(25(36)41-27(4,5)6)22-18-16(29)14-32(21(18)30-15-31-22)23-20-19(38-28(7,8)39-20)17(37-23)12-10-9-11-13-34/h10,12,14-15,17,19-20,23,34H,9,11,13H2,1-8H3/b12-10+/t17-,19-,20-,23-/m1/s1. The zero-order valence-corrected chi connectivity index (χ0v) is 26.3. The summed E-state index contributed by atoms with van der Waals surface area (Å²) < 4.78 is 32.3. The van der Waals surface area contributed by atoms with Crippen LogP contribution in [0.25, 0.3) is 11.0 Å². The normalized spacial score (nSPS) is 24.1. The fourth-order valence-corrected chi connectivity index (χ4v) is 5.25. The van der Waals surface area contributed by atoms with Gasteiger partial charge in [0.1, 0.15) is 41.5 Å². The number of halogens is 1. The van der Waals surface area contributed by atoms with Crippen molar-refractivity contribution in [3.05, 3.63) is 29.1 Å². The van der Waals surface area contributed by atoms with Crippen molar-refractivity contribution in [1.82, 2.24) is 14.5 Å². The average molecular weight is 640 g/mol. The van der Waals surface area contributed by atoms with E-state index in [2.05, 4.69) is 25.9 Å². The molecular weight excluding hydrogens is 600 g/mol. The van der Waals surface area contributed by atoms with Crippen LogP contribution in [0.15, 0.2) is 29.1 Å². The summed E-state index contributed by atoms with van der Waals surface area (Å²) in [5.74, 6) is -0.845. The number of unbranched alkanes of at least 4 members (excludes halogenated alkanes) is 1. The zero-order valence-electron chi connectivity index (χ0n) is 24.7. The van der Waals surface area contributed by atoms with Crippen molar-refractivity contribution in [3.63, 3.8) is 0 Å². The SMILES string of the molecule is CC(C)(C)OC(=O)N(C(=O)OC(C)(C)C)c1ncnc2c1c(Br)cn2[C@@H]1O[C@H](/C=C/CCCO)[C@H]2OC(C)(C)O[C@H]21. The smallest absolute Gasteiger partial charge is 0.425 e. The van der Waals surface area contributed by atoms with Gasteiger partial charge in [0.05, 0.1) is 5.39 Å². The minimum atomic E-state index is -0.939. The van der Waals surface area contributed by atoms with E-state index in [1.54, 1.807) is 52.3 Å². The Morgan fingerprint density at radius 2 is 1.71 bits per heavy atom. The molecule has 12 nitrogen and oxygen atoms in total. The number of aromatic nitrogens is 3. The maximum absolute atomic E-state index is 13.4. The molecule has 226 valence electrons. The molecule has 2 aliphatic heterocycles. The number of ether oxygens (including phenoxy) is 5. The highest BCUT2D eigenvalue weighted by molar-refractivity contribution is 9.10. The Morgan fingerprint density at radius 1 is 1.10 bits per heavy atom. The second-order valence-corrected chi connectivity index (χ2v) is 13.3. The van der Waals surface area contributed by atoms with E-state index < -0.39 is 53.7 Å². The number of hydrogen-bond acceptors (Lipinski definition) is 10. The van der Waals surface area contributed by atoms with E-state index in [0.29, 0.717) is 28.3 Å². The molecule has 2 aromatic rings. The van der Waals surface area contributed by atoms with Gasteiger partial charge >= 0.3 is 12.2 Å². The largest absolute Gasteiger partial charge is 0.443 e. The molecule has 2 aliphatic rings. The lowest BCUT2D eigenvalue weighted by molar-refractivity contribution is -0.191. The van der Waals surface area contributed by atoms with Gasteiger partial charge in [-0.15, -0.1) is 0 Å². The van der Waals surface area contributed by atoms with Crippen LogP contribution < -0.4 is 4.90 Å². The lowest BCUT2D eigenvalue weighted by Crippen LogP contribution is -2.44. The monoisotopic (exact) mass is 638 g/mol. The van der Waals surface area contributed by atoms with Gasteiger partial charge in [0, 0.05) is 17.3 Å². The summed E-state index contributed by atoms with van der Waals surface area (Å²) >= 11 is 3.58. The Hall–Kier alpha value is -2.58. The molecular formula is C28H39BrN4O8. The van der Waals surface area contributed by atoms with E-state index in [0.717, 1.165) is 4.90 Å². The topological polar surface area (TPSA) is 134 Å². The molecule has 2 saturated heterocycles. The first-order valence-corrected chi connectivity index (χ1v) is 14.4. The second kappa shape index (κ2) is 11.6. The Balaban J connectivity index is 1.78. The van der Waals surface area contributed by atoms with Crippen LogP contribution in [0.4, 0.5) is 15.4 Å². The maximum atomic E-state index is 13.4. The van der Waals surface area contributed by atoms with Gasteiger partial charge in [-0.3, -0.25) is 0 Å². The summed E-state index contributed by atoms with van der Waals surface area (Å²) in [5, 5.41) is 9.50. The number of carbonyl (C=O) groups excluding carboxylic acids is 2. The number of fused-ring (bicyclic) bond motifs is 2. The van der Waals surface area contributed by atoms with E-state index in [-0.39, 0.29) is 12.4 Å². The maximum Gasteiger partial charge on any atom is 0.425 e. The first kappa shape index (κ1) is 31.4. The number of rotatable bonds is 6. The number of aliphatic hydroxyl groups is 1. The van der Waals surface area contributed by atoms with Gasteiger partial charge < -0.3 is 33.4 Å². The molecule has 4 rings (SSSR count). The van der Waals surface area contributed by atoms with Crippen LogP contribution in [0.1, 0.15) is 74.5 Å². The highest BCUT2D eigenvalue weighted by Gasteiger charge is 2.55. The first-order chi connectivity index (χ1) is 19.0.